The fraction of sp³-hybridized carbons (Fsp3) is 0.500. The molecular weight excluding hydrogens is 296 g/mol. The van der Waals surface area contributed by atoms with Gasteiger partial charge in [0.15, 0.2) is 0 Å². The van der Waals surface area contributed by atoms with Gasteiger partial charge in [0.05, 0.1) is 26.9 Å². The van der Waals surface area contributed by atoms with Gasteiger partial charge < -0.3 is 18.9 Å². The normalized spacial score (nSPS) is 10.6. The summed E-state index contributed by atoms with van der Waals surface area (Å²) in [7, 11) is 4.54. The first kappa shape index (κ1) is 18.9. The number of methoxy groups -OCH3 is 3. The summed E-state index contributed by atoms with van der Waals surface area (Å²) in [6.45, 7) is 2.31. The zero-order valence-electron chi connectivity index (χ0n) is 14.4. The fourth-order valence-electron chi connectivity index (χ4n) is 2.22. The molecule has 0 fully saturated rings. The lowest BCUT2D eigenvalue weighted by atomic mass is 10.0. The van der Waals surface area contributed by atoms with Gasteiger partial charge in [0, 0.05) is 0 Å². The average Bonchev–Trinajstić information content (AvgIpc) is 2.58. The molecule has 0 aromatic heterocycles. The molecule has 0 saturated heterocycles. The van der Waals surface area contributed by atoms with Crippen LogP contribution < -0.4 is 9.47 Å². The first-order valence-corrected chi connectivity index (χ1v) is 7.78. The lowest BCUT2D eigenvalue weighted by Crippen LogP contribution is -2.03. The van der Waals surface area contributed by atoms with Crippen LogP contribution >= 0.6 is 0 Å². The van der Waals surface area contributed by atoms with E-state index < -0.39 is 6.16 Å². The van der Waals surface area contributed by atoms with Crippen molar-refractivity contribution < 1.29 is 23.7 Å². The molecule has 1 aromatic carbocycles. The van der Waals surface area contributed by atoms with Gasteiger partial charge in [0.25, 0.3) is 0 Å². The summed E-state index contributed by atoms with van der Waals surface area (Å²) >= 11 is 0. The molecule has 1 rings (SSSR count). The van der Waals surface area contributed by atoms with E-state index in [1.165, 1.54) is 25.5 Å². The van der Waals surface area contributed by atoms with Gasteiger partial charge in [0.2, 0.25) is 0 Å². The Morgan fingerprint density at radius 2 is 1.74 bits per heavy atom. The maximum Gasteiger partial charge on any atom is 0.508 e. The van der Waals surface area contributed by atoms with Gasteiger partial charge in [-0.3, -0.25) is 0 Å². The van der Waals surface area contributed by atoms with Gasteiger partial charge in [-0.15, -0.1) is 0 Å². The van der Waals surface area contributed by atoms with Crippen LogP contribution in [0.5, 0.6) is 11.5 Å². The molecule has 128 valence electrons. The molecule has 0 saturated carbocycles. The number of hydrogen-bond acceptors (Lipinski definition) is 5. The molecule has 5 nitrogen and oxygen atoms in total. The summed E-state index contributed by atoms with van der Waals surface area (Å²) in [6, 6.07) is 4.05. The summed E-state index contributed by atoms with van der Waals surface area (Å²) in [5.74, 6) is 1.48. The molecule has 5 heteroatoms. The molecule has 0 aliphatic rings. The van der Waals surface area contributed by atoms with Crippen LogP contribution in [0.15, 0.2) is 18.2 Å². The second-order valence-corrected chi connectivity index (χ2v) is 5.04. The molecule has 23 heavy (non-hydrogen) atoms. The van der Waals surface area contributed by atoms with E-state index in [-0.39, 0.29) is 6.61 Å². The molecule has 0 amide bonds. The van der Waals surface area contributed by atoms with Gasteiger partial charge in [-0.05, 0) is 42.7 Å². The van der Waals surface area contributed by atoms with Crippen LogP contribution in [0.1, 0.15) is 37.3 Å². The third-order valence-corrected chi connectivity index (χ3v) is 3.42. The Kier molecular flexibility index (Phi) is 8.65. The Labute approximate surface area is 138 Å². The van der Waals surface area contributed by atoms with E-state index in [0.717, 1.165) is 29.9 Å². The van der Waals surface area contributed by atoms with E-state index in [1.807, 2.05) is 18.2 Å². The lowest BCUT2D eigenvalue weighted by Gasteiger charge is -2.13. The Hall–Kier alpha value is -2.17. The topological polar surface area (TPSA) is 54.0 Å². The number of carbonyl (C=O) groups is 1. The maximum atomic E-state index is 10.9. The van der Waals surface area contributed by atoms with Crippen molar-refractivity contribution in [1.29, 1.82) is 0 Å². The van der Waals surface area contributed by atoms with E-state index in [0.29, 0.717) is 0 Å². The Balaban J connectivity index is 2.88. The number of aryl methyl sites for hydroxylation is 1. The largest absolute Gasteiger partial charge is 0.508 e. The zero-order valence-corrected chi connectivity index (χ0v) is 14.4. The number of rotatable bonds is 9. The van der Waals surface area contributed by atoms with E-state index in [9.17, 15) is 4.79 Å². The minimum absolute atomic E-state index is 0.122. The monoisotopic (exact) mass is 322 g/mol. The van der Waals surface area contributed by atoms with Crippen molar-refractivity contribution in [1.82, 2.24) is 0 Å². The van der Waals surface area contributed by atoms with Gasteiger partial charge in [-0.25, -0.2) is 4.79 Å². The summed E-state index contributed by atoms with van der Waals surface area (Å²) in [6.07, 6.45) is 7.36. The van der Waals surface area contributed by atoms with Crippen LogP contribution in [-0.4, -0.2) is 34.1 Å². The highest BCUT2D eigenvalue weighted by molar-refractivity contribution is 5.66. The number of hydrogen-bond donors (Lipinski definition) is 0. The number of ether oxygens (including phenoxy) is 4. The van der Waals surface area contributed by atoms with Crippen molar-refractivity contribution >= 4 is 12.2 Å². The van der Waals surface area contributed by atoms with Crippen molar-refractivity contribution in [3.05, 3.63) is 29.3 Å². The third kappa shape index (κ3) is 6.22. The van der Waals surface area contributed by atoms with Gasteiger partial charge >= 0.3 is 6.16 Å². The molecule has 1 aromatic rings. The molecule has 0 spiro atoms. The second-order valence-electron chi connectivity index (χ2n) is 5.04. The van der Waals surface area contributed by atoms with Gasteiger partial charge in [-0.2, -0.15) is 0 Å². The quantitative estimate of drug-likeness (QED) is 0.503. The molecule has 0 aliphatic heterocycles. The summed E-state index contributed by atoms with van der Waals surface area (Å²) < 4.78 is 20.2. The van der Waals surface area contributed by atoms with Crippen molar-refractivity contribution in [3.63, 3.8) is 0 Å². The Morgan fingerprint density at radius 1 is 1.09 bits per heavy atom. The fourth-order valence-corrected chi connectivity index (χ4v) is 2.22. The van der Waals surface area contributed by atoms with Crippen molar-refractivity contribution in [2.75, 3.05) is 27.9 Å². The van der Waals surface area contributed by atoms with E-state index >= 15 is 0 Å². The number of benzene rings is 1. The highest BCUT2D eigenvalue weighted by Crippen LogP contribution is 2.32. The minimum Gasteiger partial charge on any atom is -0.496 e. The molecule has 0 heterocycles. The first-order chi connectivity index (χ1) is 11.2. The van der Waals surface area contributed by atoms with Crippen LogP contribution in [0.25, 0.3) is 6.08 Å². The third-order valence-electron chi connectivity index (χ3n) is 3.42. The molecule has 0 radical (unpaired) electrons. The first-order valence-electron chi connectivity index (χ1n) is 7.78. The number of carbonyl (C=O) groups excluding carboxylic acids is 1. The number of unbranched alkanes of at least 4 members (excludes halogenated alkanes) is 2. The van der Waals surface area contributed by atoms with Crippen molar-refractivity contribution in [2.45, 2.75) is 32.6 Å². The molecule has 0 N–H and O–H groups in total. The minimum atomic E-state index is -0.708. The van der Waals surface area contributed by atoms with Gasteiger partial charge in [-0.1, -0.05) is 19.8 Å². The molecule has 0 atom stereocenters. The van der Waals surface area contributed by atoms with E-state index in [1.54, 1.807) is 20.3 Å². The van der Waals surface area contributed by atoms with E-state index in [2.05, 4.69) is 11.7 Å². The van der Waals surface area contributed by atoms with Crippen LogP contribution in [0.2, 0.25) is 0 Å². The Bertz CT molecular complexity index is 497. The van der Waals surface area contributed by atoms with Crippen LogP contribution in [0, 0.1) is 0 Å². The second kappa shape index (κ2) is 10.5. The molecule has 0 bridgehead atoms. The summed E-state index contributed by atoms with van der Waals surface area (Å²) in [5, 5.41) is 0. The van der Waals surface area contributed by atoms with Crippen molar-refractivity contribution in [3.8, 4) is 11.5 Å². The lowest BCUT2D eigenvalue weighted by molar-refractivity contribution is 0.0819. The molecule has 0 unspecified atom stereocenters. The van der Waals surface area contributed by atoms with E-state index in [4.69, 9.17) is 14.2 Å². The highest BCUT2D eigenvalue weighted by atomic mass is 16.7. The molecule has 0 aliphatic carbocycles. The average molecular weight is 322 g/mol. The molecular formula is C18H26O5. The predicted octanol–water partition coefficient (Wildman–Crippen LogP) is 4.23. The van der Waals surface area contributed by atoms with Crippen molar-refractivity contribution in [2.24, 2.45) is 0 Å². The predicted molar refractivity (Wildman–Crippen MR) is 90.2 cm³/mol. The summed E-state index contributed by atoms with van der Waals surface area (Å²) in [4.78, 5) is 10.9. The highest BCUT2D eigenvalue weighted by Gasteiger charge is 2.10. The SMILES string of the molecule is CCCCCc1cc(OC)c(/C=C/COC(=O)OC)c(OC)c1. The van der Waals surface area contributed by atoms with Crippen LogP contribution in [-0.2, 0) is 15.9 Å². The summed E-state index contributed by atoms with van der Waals surface area (Å²) in [5.41, 5.74) is 2.01. The van der Waals surface area contributed by atoms with Crippen LogP contribution in [0.3, 0.4) is 0 Å². The zero-order chi connectivity index (χ0) is 17.1. The van der Waals surface area contributed by atoms with Crippen LogP contribution in [0.4, 0.5) is 4.79 Å². The standard InChI is InChI=1S/C18H26O5/c1-5-6-7-9-14-12-16(20-2)15(17(13-14)21-3)10-8-11-23-18(19)22-4/h8,10,12-13H,5-7,9,11H2,1-4H3/b10-8+. The van der Waals surface area contributed by atoms with Gasteiger partial charge in [0.1, 0.15) is 18.1 Å². The maximum absolute atomic E-state index is 10.9. The smallest absolute Gasteiger partial charge is 0.496 e. The Morgan fingerprint density at radius 3 is 2.26 bits per heavy atom.